The number of alkyl halides is 6. The third-order valence-electron chi connectivity index (χ3n) is 6.52. The van der Waals surface area contributed by atoms with Gasteiger partial charge in [-0.2, -0.15) is 26.3 Å². The van der Waals surface area contributed by atoms with Gasteiger partial charge in [-0.05, 0) is 48.7 Å². The van der Waals surface area contributed by atoms with Gasteiger partial charge in [0.2, 0.25) is 0 Å². The van der Waals surface area contributed by atoms with E-state index >= 15 is 0 Å². The van der Waals surface area contributed by atoms with Crippen molar-refractivity contribution < 1.29 is 34.8 Å². The molecule has 0 radical (unpaired) electrons. The van der Waals surface area contributed by atoms with Crippen molar-refractivity contribution in [1.82, 2.24) is 19.9 Å². The Morgan fingerprint density at radius 1 is 0.973 bits per heavy atom. The van der Waals surface area contributed by atoms with Gasteiger partial charge in [0.1, 0.15) is 5.69 Å². The molecule has 1 aliphatic carbocycles. The Morgan fingerprint density at radius 3 is 2.32 bits per heavy atom. The van der Waals surface area contributed by atoms with Gasteiger partial charge in [0.25, 0.3) is 0 Å². The van der Waals surface area contributed by atoms with Crippen molar-refractivity contribution in [2.75, 3.05) is 5.75 Å². The minimum atomic E-state index is -4.62. The fraction of sp³-hybridized carbons (Fsp3) is 0.292. The summed E-state index contributed by atoms with van der Waals surface area (Å²) < 4.78 is 106. The Bertz CT molecular complexity index is 1620. The average Bonchev–Trinajstić information content (AvgIpc) is 3.57. The molecule has 4 aromatic rings. The van der Waals surface area contributed by atoms with Crippen molar-refractivity contribution in [2.24, 2.45) is 0 Å². The zero-order valence-corrected chi connectivity index (χ0v) is 19.9. The maximum absolute atomic E-state index is 13.6. The Kier molecular flexibility index (Phi) is 5.63. The number of fused-ring (bicyclic) bond motifs is 1. The van der Waals surface area contributed by atoms with E-state index in [0.29, 0.717) is 6.20 Å². The molecule has 194 valence electrons. The van der Waals surface area contributed by atoms with Gasteiger partial charge in [0.15, 0.2) is 9.84 Å². The van der Waals surface area contributed by atoms with Crippen molar-refractivity contribution >= 4 is 20.9 Å². The predicted molar refractivity (Wildman–Crippen MR) is 122 cm³/mol. The highest BCUT2D eigenvalue weighted by atomic mass is 32.2. The van der Waals surface area contributed by atoms with Crippen LogP contribution in [0.1, 0.15) is 30.9 Å². The Morgan fingerprint density at radius 2 is 1.70 bits per heavy atom. The van der Waals surface area contributed by atoms with Crippen LogP contribution in [0.4, 0.5) is 26.3 Å². The Labute approximate surface area is 206 Å². The van der Waals surface area contributed by atoms with Crippen LogP contribution >= 0.6 is 0 Å². The molecule has 1 N–H and O–H groups in total. The summed E-state index contributed by atoms with van der Waals surface area (Å²) in [6.07, 6.45) is -5.96. The van der Waals surface area contributed by atoms with Gasteiger partial charge in [-0.1, -0.05) is 6.92 Å². The summed E-state index contributed by atoms with van der Waals surface area (Å²) in [6, 6.07) is 6.08. The van der Waals surface area contributed by atoms with Crippen LogP contribution in [0.3, 0.4) is 0 Å². The summed E-state index contributed by atoms with van der Waals surface area (Å²) in [4.78, 5) is 14.7. The number of aromatic nitrogens is 4. The first-order valence-corrected chi connectivity index (χ1v) is 12.7. The topological polar surface area (TPSA) is 88.6 Å². The second-order valence-electron chi connectivity index (χ2n) is 8.82. The molecule has 0 amide bonds. The molecule has 0 aliphatic heterocycles. The molecule has 0 unspecified atom stereocenters. The van der Waals surface area contributed by atoms with Crippen LogP contribution in [-0.4, -0.2) is 40.3 Å². The van der Waals surface area contributed by atoms with Crippen LogP contribution < -0.4 is 0 Å². The van der Waals surface area contributed by atoms with E-state index in [0.717, 1.165) is 6.07 Å². The molecular formula is C24H18F6N4O2S. The maximum atomic E-state index is 13.6. The Hall–Kier alpha value is -3.48. The van der Waals surface area contributed by atoms with E-state index in [1.165, 1.54) is 43.6 Å². The molecule has 1 saturated carbocycles. The van der Waals surface area contributed by atoms with E-state index in [9.17, 15) is 34.8 Å². The van der Waals surface area contributed by atoms with Crippen LogP contribution in [0.25, 0.3) is 33.7 Å². The normalized spacial score (nSPS) is 15.8. The van der Waals surface area contributed by atoms with Crippen molar-refractivity contribution in [1.29, 1.82) is 0 Å². The largest absolute Gasteiger partial charge is 0.417 e. The summed E-state index contributed by atoms with van der Waals surface area (Å²) in [5.74, 6) is -0.313. The van der Waals surface area contributed by atoms with Gasteiger partial charge in [-0.25, -0.2) is 8.42 Å². The highest BCUT2D eigenvalue weighted by Crippen LogP contribution is 2.59. The zero-order chi connectivity index (χ0) is 26.8. The summed E-state index contributed by atoms with van der Waals surface area (Å²) in [7, 11) is -3.92. The number of halogens is 6. The van der Waals surface area contributed by atoms with Crippen LogP contribution in [-0.2, 0) is 21.4 Å². The quantitative estimate of drug-likeness (QED) is 0.310. The lowest BCUT2D eigenvalue weighted by Crippen LogP contribution is -2.28. The standard InChI is InChI=1S/C24H18F6N4O2S/c1-2-37(35,36)20-7-13(16-8-14(3-6-31-16)22(4-5-22)24(28,29)30)11-33-21(20)19-10-17-18(34-19)9-15(12-32-17)23(25,26)27/h3,6-12,34H,2,4-5H2,1H3. The number of aromatic amines is 1. The molecule has 0 bridgehead atoms. The molecule has 1 aliphatic rings. The minimum Gasteiger partial charge on any atom is -0.352 e. The monoisotopic (exact) mass is 540 g/mol. The average molecular weight is 540 g/mol. The van der Waals surface area contributed by atoms with Gasteiger partial charge in [0, 0.05) is 24.2 Å². The first kappa shape index (κ1) is 25.2. The van der Waals surface area contributed by atoms with Gasteiger partial charge in [0.05, 0.1) is 44.0 Å². The second kappa shape index (κ2) is 8.27. The first-order valence-electron chi connectivity index (χ1n) is 11.1. The number of sulfone groups is 1. The van der Waals surface area contributed by atoms with Crippen molar-refractivity contribution in [3.05, 3.63) is 60.0 Å². The van der Waals surface area contributed by atoms with Crippen molar-refractivity contribution in [2.45, 2.75) is 42.4 Å². The van der Waals surface area contributed by atoms with Crippen molar-refractivity contribution in [3.8, 4) is 22.6 Å². The summed E-state index contributed by atoms with van der Waals surface area (Å²) in [6.45, 7) is 1.41. The molecule has 5 rings (SSSR count). The van der Waals surface area contributed by atoms with Crippen molar-refractivity contribution in [3.63, 3.8) is 0 Å². The number of rotatable bonds is 5. The van der Waals surface area contributed by atoms with E-state index in [1.807, 2.05) is 0 Å². The highest BCUT2D eigenvalue weighted by molar-refractivity contribution is 7.91. The van der Waals surface area contributed by atoms with Crippen LogP contribution in [0.2, 0.25) is 0 Å². The molecule has 4 aromatic heterocycles. The summed E-state index contributed by atoms with van der Waals surface area (Å²) >= 11 is 0. The lowest BCUT2D eigenvalue weighted by molar-refractivity contribution is -0.160. The third kappa shape index (κ3) is 4.34. The molecule has 1 fully saturated rings. The summed E-state index contributed by atoms with van der Waals surface area (Å²) in [5, 5.41) is 0. The molecular weight excluding hydrogens is 522 g/mol. The number of hydrogen-bond acceptors (Lipinski definition) is 5. The minimum absolute atomic E-state index is 0.0341. The van der Waals surface area contributed by atoms with Gasteiger partial charge in [-0.15, -0.1) is 0 Å². The third-order valence-corrected chi connectivity index (χ3v) is 8.26. The SMILES string of the molecule is CCS(=O)(=O)c1cc(-c2cc(C3(C(F)(F)F)CC3)ccn2)cnc1-c1cc2ncc(C(F)(F)F)cc2[nH]1. The van der Waals surface area contributed by atoms with E-state index in [1.54, 1.807) is 0 Å². The van der Waals surface area contributed by atoms with E-state index < -0.39 is 33.2 Å². The maximum Gasteiger partial charge on any atom is 0.417 e. The molecule has 0 aromatic carbocycles. The molecule has 4 heterocycles. The first-order chi connectivity index (χ1) is 17.2. The van der Waals surface area contributed by atoms with E-state index in [-0.39, 0.29) is 62.7 Å². The lowest BCUT2D eigenvalue weighted by Gasteiger charge is -2.20. The Balaban J connectivity index is 1.62. The molecule has 37 heavy (non-hydrogen) atoms. The predicted octanol–water partition coefficient (Wildman–Crippen LogP) is 6.09. The van der Waals surface area contributed by atoms with Crippen LogP contribution in [0.5, 0.6) is 0 Å². The molecule has 0 spiro atoms. The highest BCUT2D eigenvalue weighted by Gasteiger charge is 2.64. The second-order valence-corrected chi connectivity index (χ2v) is 11.1. The van der Waals surface area contributed by atoms with Gasteiger partial charge < -0.3 is 4.98 Å². The van der Waals surface area contributed by atoms with Gasteiger partial charge in [-0.3, -0.25) is 15.0 Å². The molecule has 0 saturated heterocycles. The van der Waals surface area contributed by atoms with Gasteiger partial charge >= 0.3 is 12.4 Å². The van der Waals surface area contributed by atoms with E-state index in [2.05, 4.69) is 19.9 Å². The fourth-order valence-electron chi connectivity index (χ4n) is 4.22. The van der Waals surface area contributed by atoms with Crippen LogP contribution in [0.15, 0.2) is 53.8 Å². The number of pyridine rings is 3. The lowest BCUT2D eigenvalue weighted by atomic mass is 9.95. The van der Waals surface area contributed by atoms with Crippen LogP contribution in [0, 0.1) is 0 Å². The summed E-state index contributed by atoms with van der Waals surface area (Å²) in [5.41, 5.74) is -2.30. The number of H-pyrrole nitrogens is 1. The number of nitrogens with one attached hydrogen (secondary N) is 1. The van der Waals surface area contributed by atoms with E-state index in [4.69, 9.17) is 0 Å². The number of hydrogen-bond donors (Lipinski definition) is 1. The molecule has 13 heteroatoms. The zero-order valence-electron chi connectivity index (χ0n) is 19.1. The molecule has 0 atom stereocenters. The fourth-order valence-corrected chi connectivity index (χ4v) is 5.29. The number of nitrogens with zero attached hydrogens (tertiary/aromatic N) is 3. The smallest absolute Gasteiger partial charge is 0.352 e. The molecule has 6 nitrogen and oxygen atoms in total.